The molecule has 1 heteroatoms. The second-order valence-corrected chi connectivity index (χ2v) is 2.92. The first-order valence-corrected chi connectivity index (χ1v) is 4.64. The zero-order chi connectivity index (χ0) is 8.53. The van der Waals surface area contributed by atoms with Crippen molar-refractivity contribution < 1.29 is 0 Å². The van der Waals surface area contributed by atoms with E-state index >= 15 is 0 Å². The number of rotatable bonds is 6. The highest BCUT2D eigenvalue weighted by Crippen LogP contribution is 1.94. The standard InChI is InChI=1S/C10H21N/c1-4-6-7-8-9-10-11(3)5-2/h6-7H,4-5,8-10H2,1-3H3/b7-6+. The molecule has 0 aliphatic carbocycles. The molecule has 0 atom stereocenters. The second-order valence-electron chi connectivity index (χ2n) is 2.92. The number of unbranched alkanes of at least 4 members (excludes halogenated alkanes) is 1. The lowest BCUT2D eigenvalue weighted by Crippen LogP contribution is -2.18. The molecule has 0 aliphatic heterocycles. The maximum absolute atomic E-state index is 2.35. The van der Waals surface area contributed by atoms with E-state index in [4.69, 9.17) is 0 Å². The summed E-state index contributed by atoms with van der Waals surface area (Å²) < 4.78 is 0. The predicted molar refractivity (Wildman–Crippen MR) is 51.8 cm³/mol. The molecule has 0 rings (SSSR count). The van der Waals surface area contributed by atoms with Crippen molar-refractivity contribution in [1.82, 2.24) is 4.90 Å². The molecule has 0 fully saturated rings. The molecule has 0 radical (unpaired) electrons. The fraction of sp³-hybridized carbons (Fsp3) is 0.800. The summed E-state index contributed by atoms with van der Waals surface area (Å²) in [6.45, 7) is 6.76. The Kier molecular flexibility index (Phi) is 7.59. The monoisotopic (exact) mass is 155 g/mol. The molecular formula is C10H21N. The molecule has 0 unspecified atom stereocenters. The molecule has 0 aromatic rings. The average Bonchev–Trinajstić information content (AvgIpc) is 2.04. The first-order chi connectivity index (χ1) is 5.31. The number of hydrogen-bond donors (Lipinski definition) is 0. The number of allylic oxidation sites excluding steroid dienone is 2. The summed E-state index contributed by atoms with van der Waals surface area (Å²) in [6.07, 6.45) is 8.22. The third-order valence-electron chi connectivity index (χ3n) is 1.85. The maximum Gasteiger partial charge on any atom is -0.00190 e. The van der Waals surface area contributed by atoms with E-state index in [9.17, 15) is 0 Å². The molecule has 0 saturated carbocycles. The van der Waals surface area contributed by atoms with Gasteiger partial charge in [0.25, 0.3) is 0 Å². The summed E-state index contributed by atoms with van der Waals surface area (Å²) in [6, 6.07) is 0. The molecule has 0 amide bonds. The molecular weight excluding hydrogens is 134 g/mol. The topological polar surface area (TPSA) is 3.24 Å². The molecule has 0 aliphatic rings. The van der Waals surface area contributed by atoms with Crippen molar-refractivity contribution in [1.29, 1.82) is 0 Å². The normalized spacial score (nSPS) is 11.6. The minimum absolute atomic E-state index is 1.16. The smallest absolute Gasteiger partial charge is 0.00190 e. The van der Waals surface area contributed by atoms with Crippen LogP contribution in [-0.2, 0) is 0 Å². The van der Waals surface area contributed by atoms with Gasteiger partial charge < -0.3 is 4.90 Å². The van der Waals surface area contributed by atoms with Crippen molar-refractivity contribution in [3.63, 3.8) is 0 Å². The molecule has 1 nitrogen and oxygen atoms in total. The van der Waals surface area contributed by atoms with E-state index in [1.54, 1.807) is 0 Å². The van der Waals surface area contributed by atoms with Crippen molar-refractivity contribution in [3.05, 3.63) is 12.2 Å². The Bertz CT molecular complexity index is 97.0. The Morgan fingerprint density at radius 1 is 1.18 bits per heavy atom. The van der Waals surface area contributed by atoms with E-state index in [0.29, 0.717) is 0 Å². The van der Waals surface area contributed by atoms with E-state index in [-0.39, 0.29) is 0 Å². The van der Waals surface area contributed by atoms with Crippen LogP contribution in [0.3, 0.4) is 0 Å². The highest BCUT2D eigenvalue weighted by Gasteiger charge is 1.90. The van der Waals surface area contributed by atoms with Gasteiger partial charge in [0.2, 0.25) is 0 Å². The van der Waals surface area contributed by atoms with Gasteiger partial charge in [-0.05, 0) is 39.4 Å². The molecule has 11 heavy (non-hydrogen) atoms. The summed E-state index contributed by atoms with van der Waals surface area (Å²) in [7, 11) is 2.17. The molecule has 0 bridgehead atoms. The Hall–Kier alpha value is -0.300. The van der Waals surface area contributed by atoms with Gasteiger partial charge in [0.15, 0.2) is 0 Å². The van der Waals surface area contributed by atoms with Crippen LogP contribution >= 0.6 is 0 Å². The van der Waals surface area contributed by atoms with Crippen molar-refractivity contribution in [2.75, 3.05) is 20.1 Å². The molecule has 66 valence electrons. The van der Waals surface area contributed by atoms with Gasteiger partial charge in [-0.1, -0.05) is 26.0 Å². The van der Waals surface area contributed by atoms with Gasteiger partial charge in [0, 0.05) is 0 Å². The first-order valence-electron chi connectivity index (χ1n) is 4.64. The van der Waals surface area contributed by atoms with Crippen LogP contribution in [0.2, 0.25) is 0 Å². The maximum atomic E-state index is 2.35. The van der Waals surface area contributed by atoms with E-state index in [0.717, 1.165) is 6.54 Å². The third kappa shape index (κ3) is 7.60. The average molecular weight is 155 g/mol. The van der Waals surface area contributed by atoms with Crippen LogP contribution in [0.5, 0.6) is 0 Å². The van der Waals surface area contributed by atoms with Crippen LogP contribution in [0, 0.1) is 0 Å². The minimum atomic E-state index is 1.16. The molecule has 0 aromatic heterocycles. The summed E-state index contributed by atoms with van der Waals surface area (Å²) in [5.41, 5.74) is 0. The molecule has 0 aromatic carbocycles. The highest BCUT2D eigenvalue weighted by atomic mass is 15.1. The number of nitrogens with zero attached hydrogens (tertiary/aromatic N) is 1. The summed E-state index contributed by atoms with van der Waals surface area (Å²) in [4.78, 5) is 2.35. The quantitative estimate of drug-likeness (QED) is 0.421. The third-order valence-corrected chi connectivity index (χ3v) is 1.85. The highest BCUT2D eigenvalue weighted by molar-refractivity contribution is 4.79. The Morgan fingerprint density at radius 3 is 2.45 bits per heavy atom. The molecule has 0 saturated heterocycles. The van der Waals surface area contributed by atoms with Crippen molar-refractivity contribution in [2.45, 2.75) is 33.1 Å². The molecule has 0 N–H and O–H groups in total. The van der Waals surface area contributed by atoms with Crippen LogP contribution in [0.1, 0.15) is 33.1 Å². The summed E-state index contributed by atoms with van der Waals surface area (Å²) >= 11 is 0. The van der Waals surface area contributed by atoms with Gasteiger partial charge in [0.1, 0.15) is 0 Å². The summed E-state index contributed by atoms with van der Waals surface area (Å²) in [5.74, 6) is 0. The van der Waals surface area contributed by atoms with Crippen molar-refractivity contribution in [2.24, 2.45) is 0 Å². The Balaban J connectivity index is 3.07. The fourth-order valence-corrected chi connectivity index (χ4v) is 0.922. The first kappa shape index (κ1) is 10.7. The molecule has 0 spiro atoms. The van der Waals surface area contributed by atoms with Crippen LogP contribution in [0.4, 0.5) is 0 Å². The van der Waals surface area contributed by atoms with E-state index < -0.39 is 0 Å². The van der Waals surface area contributed by atoms with E-state index in [1.165, 1.54) is 25.8 Å². The van der Waals surface area contributed by atoms with Crippen LogP contribution in [0.25, 0.3) is 0 Å². The van der Waals surface area contributed by atoms with Gasteiger partial charge in [-0.15, -0.1) is 0 Å². The van der Waals surface area contributed by atoms with Gasteiger partial charge in [-0.2, -0.15) is 0 Å². The fourth-order valence-electron chi connectivity index (χ4n) is 0.922. The largest absolute Gasteiger partial charge is 0.307 e. The lowest BCUT2D eigenvalue weighted by Gasteiger charge is -2.11. The van der Waals surface area contributed by atoms with Crippen molar-refractivity contribution in [3.8, 4) is 0 Å². The number of hydrogen-bond acceptors (Lipinski definition) is 1. The van der Waals surface area contributed by atoms with E-state index in [2.05, 4.69) is 37.9 Å². The predicted octanol–water partition coefficient (Wildman–Crippen LogP) is 2.68. The van der Waals surface area contributed by atoms with Gasteiger partial charge in [0.05, 0.1) is 0 Å². The van der Waals surface area contributed by atoms with Crippen LogP contribution in [-0.4, -0.2) is 25.0 Å². The zero-order valence-electron chi connectivity index (χ0n) is 8.14. The Morgan fingerprint density at radius 2 is 1.91 bits per heavy atom. The minimum Gasteiger partial charge on any atom is -0.307 e. The molecule has 0 heterocycles. The van der Waals surface area contributed by atoms with Gasteiger partial charge in [-0.25, -0.2) is 0 Å². The lowest BCUT2D eigenvalue weighted by molar-refractivity contribution is 0.348. The van der Waals surface area contributed by atoms with Gasteiger partial charge in [-0.3, -0.25) is 0 Å². The summed E-state index contributed by atoms with van der Waals surface area (Å²) in [5, 5.41) is 0. The zero-order valence-corrected chi connectivity index (χ0v) is 8.14. The lowest BCUT2D eigenvalue weighted by atomic mass is 10.2. The van der Waals surface area contributed by atoms with Crippen molar-refractivity contribution >= 4 is 0 Å². The SMILES string of the molecule is CC/C=C/CCCN(C)CC. The van der Waals surface area contributed by atoms with Gasteiger partial charge >= 0.3 is 0 Å². The van der Waals surface area contributed by atoms with Crippen LogP contribution in [0.15, 0.2) is 12.2 Å². The second kappa shape index (κ2) is 7.80. The van der Waals surface area contributed by atoms with E-state index in [1.807, 2.05) is 0 Å². The van der Waals surface area contributed by atoms with Crippen LogP contribution < -0.4 is 0 Å². The Labute approximate surface area is 71.1 Å².